The van der Waals surface area contributed by atoms with Crippen LogP contribution < -0.4 is 10.1 Å². The molecule has 6 heteroatoms. The first kappa shape index (κ1) is 17.5. The topological polar surface area (TPSA) is 81.5 Å². The van der Waals surface area contributed by atoms with Crippen LogP contribution in [0.2, 0.25) is 0 Å². The Bertz CT molecular complexity index is 711. The molecule has 0 aliphatic rings. The molecule has 6 nitrogen and oxygen atoms in total. The lowest BCUT2D eigenvalue weighted by Crippen LogP contribution is -2.24. The van der Waals surface area contributed by atoms with Crippen molar-refractivity contribution in [3.8, 4) is 5.75 Å². The maximum Gasteiger partial charge on any atom is 0.269 e. The lowest BCUT2D eigenvalue weighted by molar-refractivity contribution is -0.384. The number of benzene rings is 2. The number of ketones is 1. The van der Waals surface area contributed by atoms with E-state index in [-0.39, 0.29) is 23.4 Å². The smallest absolute Gasteiger partial charge is 0.269 e. The lowest BCUT2D eigenvalue weighted by atomic mass is 9.91. The Kier molecular flexibility index (Phi) is 5.52. The number of nitrogens with one attached hydrogen (secondary N) is 1. The van der Waals surface area contributed by atoms with Gasteiger partial charge in [0.1, 0.15) is 11.5 Å². The van der Waals surface area contributed by atoms with Crippen LogP contribution in [0.3, 0.4) is 0 Å². The summed E-state index contributed by atoms with van der Waals surface area (Å²) >= 11 is 0. The average molecular weight is 328 g/mol. The molecular weight excluding hydrogens is 308 g/mol. The second-order valence-electron chi connectivity index (χ2n) is 5.60. The van der Waals surface area contributed by atoms with Crippen LogP contribution in [0.15, 0.2) is 48.5 Å². The molecule has 0 aliphatic carbocycles. The Morgan fingerprint density at radius 2 is 1.71 bits per heavy atom. The van der Waals surface area contributed by atoms with Crippen molar-refractivity contribution in [2.45, 2.75) is 19.9 Å². The van der Waals surface area contributed by atoms with Crippen LogP contribution in [0.25, 0.3) is 0 Å². The van der Waals surface area contributed by atoms with Crippen LogP contribution in [0, 0.1) is 16.0 Å². The maximum absolute atomic E-state index is 11.9. The predicted octanol–water partition coefficient (Wildman–Crippen LogP) is 3.98. The number of nitro groups is 1. The summed E-state index contributed by atoms with van der Waals surface area (Å²) in [6, 6.07) is 13.4. The van der Waals surface area contributed by atoms with Gasteiger partial charge in [0, 0.05) is 23.7 Å². The van der Waals surface area contributed by atoms with Gasteiger partial charge in [0.2, 0.25) is 0 Å². The van der Waals surface area contributed by atoms with Gasteiger partial charge in [-0.2, -0.15) is 0 Å². The summed E-state index contributed by atoms with van der Waals surface area (Å²) in [6.45, 7) is 3.38. The number of carbonyl (C=O) groups excluding carboxylic acids is 1. The van der Waals surface area contributed by atoms with Gasteiger partial charge in [0.15, 0.2) is 0 Å². The third-order valence-electron chi connectivity index (χ3n) is 4.02. The highest BCUT2D eigenvalue weighted by Gasteiger charge is 2.23. The summed E-state index contributed by atoms with van der Waals surface area (Å²) in [4.78, 5) is 22.2. The molecule has 126 valence electrons. The third kappa shape index (κ3) is 4.10. The second-order valence-corrected chi connectivity index (χ2v) is 5.60. The van der Waals surface area contributed by atoms with E-state index < -0.39 is 4.92 Å². The molecule has 0 unspecified atom stereocenters. The first-order valence-corrected chi connectivity index (χ1v) is 7.57. The SMILES string of the molecule is COc1ccc(N[C@@H](c2ccc([N+](=O)[O-])cc2)[C@@H](C)C(C)=O)cc1. The van der Waals surface area contributed by atoms with E-state index in [4.69, 9.17) is 4.74 Å². The number of nitrogens with zero attached hydrogens (tertiary/aromatic N) is 1. The summed E-state index contributed by atoms with van der Waals surface area (Å²) in [5, 5.41) is 14.1. The highest BCUT2D eigenvalue weighted by atomic mass is 16.6. The van der Waals surface area contributed by atoms with E-state index in [1.54, 1.807) is 26.2 Å². The Balaban J connectivity index is 2.29. The van der Waals surface area contributed by atoms with Gasteiger partial charge in [0.05, 0.1) is 18.1 Å². The molecule has 2 aromatic rings. The Labute approximate surface area is 140 Å². The fourth-order valence-corrected chi connectivity index (χ4v) is 2.40. The third-order valence-corrected chi connectivity index (χ3v) is 4.02. The van der Waals surface area contributed by atoms with E-state index in [0.29, 0.717) is 0 Å². The van der Waals surface area contributed by atoms with Crippen LogP contribution >= 0.6 is 0 Å². The molecule has 2 atom stereocenters. The Hall–Kier alpha value is -2.89. The highest BCUT2D eigenvalue weighted by molar-refractivity contribution is 5.79. The van der Waals surface area contributed by atoms with E-state index in [9.17, 15) is 14.9 Å². The summed E-state index contributed by atoms with van der Waals surface area (Å²) in [5.74, 6) is 0.500. The van der Waals surface area contributed by atoms with Crippen molar-refractivity contribution in [1.29, 1.82) is 0 Å². The van der Waals surface area contributed by atoms with Gasteiger partial charge in [-0.15, -0.1) is 0 Å². The zero-order valence-corrected chi connectivity index (χ0v) is 13.9. The number of ether oxygens (including phenoxy) is 1. The van der Waals surface area contributed by atoms with E-state index in [2.05, 4.69) is 5.32 Å². The zero-order chi connectivity index (χ0) is 17.7. The molecular formula is C18H20N2O4. The molecule has 0 radical (unpaired) electrons. The van der Waals surface area contributed by atoms with Crippen molar-refractivity contribution in [3.05, 3.63) is 64.2 Å². The van der Waals surface area contributed by atoms with E-state index in [1.165, 1.54) is 12.1 Å². The minimum atomic E-state index is -0.440. The van der Waals surface area contributed by atoms with Crippen molar-refractivity contribution < 1.29 is 14.5 Å². The quantitative estimate of drug-likeness (QED) is 0.614. The number of methoxy groups -OCH3 is 1. The minimum Gasteiger partial charge on any atom is -0.497 e. The van der Waals surface area contributed by atoms with Crippen LogP contribution in [0.1, 0.15) is 25.5 Å². The van der Waals surface area contributed by atoms with Crippen LogP contribution in [0.4, 0.5) is 11.4 Å². The van der Waals surface area contributed by atoms with Crippen molar-refractivity contribution in [3.63, 3.8) is 0 Å². The number of hydrogen-bond donors (Lipinski definition) is 1. The number of carbonyl (C=O) groups is 1. The van der Waals surface area contributed by atoms with Crippen molar-refractivity contribution >= 4 is 17.2 Å². The predicted molar refractivity (Wildman–Crippen MR) is 92.3 cm³/mol. The number of hydrogen-bond acceptors (Lipinski definition) is 5. The maximum atomic E-state index is 11.9. The summed E-state index contributed by atoms with van der Waals surface area (Å²) in [7, 11) is 1.60. The molecule has 0 heterocycles. The van der Waals surface area contributed by atoms with Gasteiger partial charge in [0.25, 0.3) is 5.69 Å². The van der Waals surface area contributed by atoms with Gasteiger partial charge >= 0.3 is 0 Å². The molecule has 0 aromatic heterocycles. The Morgan fingerprint density at radius 3 is 2.17 bits per heavy atom. The number of rotatable bonds is 7. The molecule has 0 amide bonds. The largest absolute Gasteiger partial charge is 0.497 e. The summed E-state index contributed by atoms with van der Waals surface area (Å²) in [5.41, 5.74) is 1.68. The molecule has 0 bridgehead atoms. The van der Waals surface area contributed by atoms with Crippen LogP contribution in [0.5, 0.6) is 5.75 Å². The fraction of sp³-hybridized carbons (Fsp3) is 0.278. The normalized spacial score (nSPS) is 13.0. The van der Waals surface area contributed by atoms with Gasteiger partial charge in [-0.1, -0.05) is 19.1 Å². The molecule has 0 saturated heterocycles. The molecule has 0 saturated carbocycles. The van der Waals surface area contributed by atoms with Gasteiger partial charge in [-0.05, 0) is 36.8 Å². The van der Waals surface area contributed by atoms with Crippen LogP contribution in [-0.2, 0) is 4.79 Å². The van der Waals surface area contributed by atoms with Crippen molar-refractivity contribution in [1.82, 2.24) is 0 Å². The Morgan fingerprint density at radius 1 is 1.12 bits per heavy atom. The van der Waals surface area contributed by atoms with Gasteiger partial charge in [-0.25, -0.2) is 0 Å². The van der Waals surface area contributed by atoms with E-state index in [1.807, 2.05) is 31.2 Å². The first-order valence-electron chi connectivity index (χ1n) is 7.57. The minimum absolute atomic E-state index is 0.0254. The number of nitro benzene ring substituents is 1. The number of Topliss-reactive ketones (excluding diaryl/α,β-unsaturated/α-hetero) is 1. The zero-order valence-electron chi connectivity index (χ0n) is 13.9. The fourth-order valence-electron chi connectivity index (χ4n) is 2.40. The standard InChI is InChI=1S/C18H20N2O4/c1-12(13(2)21)18(14-4-8-16(9-5-14)20(22)23)19-15-6-10-17(24-3)11-7-15/h4-12,18-19H,1-3H3/t12-,18+/m0/s1. The molecule has 24 heavy (non-hydrogen) atoms. The average Bonchev–Trinajstić information content (AvgIpc) is 2.59. The molecule has 1 N–H and O–H groups in total. The summed E-state index contributed by atoms with van der Waals surface area (Å²) < 4.78 is 5.13. The van der Waals surface area contributed by atoms with E-state index in [0.717, 1.165) is 17.0 Å². The lowest BCUT2D eigenvalue weighted by Gasteiger charge is -2.25. The van der Waals surface area contributed by atoms with Crippen LogP contribution in [-0.4, -0.2) is 17.8 Å². The number of non-ortho nitro benzene ring substituents is 1. The van der Waals surface area contributed by atoms with Crippen molar-refractivity contribution in [2.75, 3.05) is 12.4 Å². The second kappa shape index (κ2) is 7.59. The first-order chi connectivity index (χ1) is 11.4. The molecule has 0 aliphatic heterocycles. The molecule has 0 spiro atoms. The van der Waals surface area contributed by atoms with Gasteiger partial charge < -0.3 is 10.1 Å². The van der Waals surface area contributed by atoms with E-state index >= 15 is 0 Å². The number of anilines is 1. The molecule has 2 aromatic carbocycles. The molecule has 2 rings (SSSR count). The highest BCUT2D eigenvalue weighted by Crippen LogP contribution is 2.29. The van der Waals surface area contributed by atoms with Crippen molar-refractivity contribution in [2.24, 2.45) is 5.92 Å². The van der Waals surface area contributed by atoms with Gasteiger partial charge in [-0.3, -0.25) is 14.9 Å². The molecule has 0 fully saturated rings. The summed E-state index contributed by atoms with van der Waals surface area (Å²) in [6.07, 6.45) is 0. The monoisotopic (exact) mass is 328 g/mol.